The Bertz CT molecular complexity index is 495. The number of benzene rings is 1. The average Bonchev–Trinajstić information content (AvgIpc) is 2.56. The molecule has 0 atom stereocenters. The molecule has 0 unspecified atom stereocenters. The number of nitrogens with zero attached hydrogens (tertiary/aromatic N) is 3. The van der Waals surface area contributed by atoms with E-state index in [0.717, 1.165) is 44.0 Å². The molecule has 1 aromatic carbocycles. The van der Waals surface area contributed by atoms with Crippen LogP contribution in [0.15, 0.2) is 24.3 Å². The maximum Gasteiger partial charge on any atom is 0.321 e. The highest BCUT2D eigenvalue weighted by molar-refractivity contribution is 5.93. The van der Waals surface area contributed by atoms with Crippen LogP contribution < -0.4 is 10.2 Å². The summed E-state index contributed by atoms with van der Waals surface area (Å²) in [6.07, 6.45) is 0.869. The second kappa shape index (κ2) is 8.74. The van der Waals surface area contributed by atoms with Crippen LogP contribution in [0, 0.1) is 0 Å². The molecule has 2 N–H and O–H groups in total. The Morgan fingerprint density at radius 3 is 2.57 bits per heavy atom. The second-order valence-corrected chi connectivity index (χ2v) is 5.95. The molecule has 1 aliphatic rings. The molecule has 0 saturated carbocycles. The fourth-order valence-corrected chi connectivity index (χ4v) is 2.80. The van der Waals surface area contributed by atoms with Gasteiger partial charge in [0.1, 0.15) is 0 Å². The summed E-state index contributed by atoms with van der Waals surface area (Å²) < 4.78 is 0. The fourth-order valence-electron chi connectivity index (χ4n) is 2.80. The van der Waals surface area contributed by atoms with Gasteiger partial charge in [-0.3, -0.25) is 0 Å². The number of amides is 2. The summed E-state index contributed by atoms with van der Waals surface area (Å²) in [5.41, 5.74) is 1.90. The monoisotopic (exact) mass is 320 g/mol. The van der Waals surface area contributed by atoms with E-state index < -0.39 is 0 Å². The van der Waals surface area contributed by atoms with Gasteiger partial charge in [0.15, 0.2) is 0 Å². The number of nitrogens with one attached hydrogen (secondary N) is 1. The summed E-state index contributed by atoms with van der Waals surface area (Å²) in [4.78, 5) is 18.7. The number of rotatable bonds is 6. The van der Waals surface area contributed by atoms with Gasteiger partial charge < -0.3 is 25.1 Å². The lowest BCUT2D eigenvalue weighted by Crippen LogP contribution is -2.45. The summed E-state index contributed by atoms with van der Waals surface area (Å²) in [5, 5.41) is 12.1. The first kappa shape index (κ1) is 17.6. The van der Waals surface area contributed by atoms with E-state index in [0.29, 0.717) is 13.1 Å². The Hall–Kier alpha value is -1.79. The Labute approximate surface area is 138 Å². The number of aliphatic hydroxyl groups is 1. The zero-order valence-electron chi connectivity index (χ0n) is 14.2. The van der Waals surface area contributed by atoms with Crippen LogP contribution in [-0.4, -0.2) is 73.9 Å². The third-order valence-electron chi connectivity index (χ3n) is 4.14. The van der Waals surface area contributed by atoms with Crippen molar-refractivity contribution in [3.05, 3.63) is 24.3 Å². The number of hydrogen-bond donors (Lipinski definition) is 2. The minimum atomic E-state index is -0.150. The van der Waals surface area contributed by atoms with Crippen molar-refractivity contribution in [2.45, 2.75) is 13.3 Å². The number of urea groups is 1. The number of aliphatic hydroxyl groups excluding tert-OH is 1. The van der Waals surface area contributed by atoms with Gasteiger partial charge in [-0.25, -0.2) is 4.79 Å². The molecule has 2 rings (SSSR count). The molecule has 6 heteroatoms. The van der Waals surface area contributed by atoms with Crippen molar-refractivity contribution in [2.24, 2.45) is 0 Å². The van der Waals surface area contributed by atoms with Crippen molar-refractivity contribution >= 4 is 17.4 Å². The summed E-state index contributed by atoms with van der Waals surface area (Å²) in [7, 11) is 2.13. The molecule has 128 valence electrons. The van der Waals surface area contributed by atoms with Crippen molar-refractivity contribution in [3.8, 4) is 0 Å². The minimum Gasteiger partial charge on any atom is -0.395 e. The van der Waals surface area contributed by atoms with E-state index in [4.69, 9.17) is 5.11 Å². The maximum atomic E-state index is 12.5. The molecule has 1 aliphatic heterocycles. The lowest BCUT2D eigenvalue weighted by Gasteiger charge is -2.35. The van der Waals surface area contributed by atoms with E-state index in [1.54, 1.807) is 4.90 Å². The fraction of sp³-hybridized carbons (Fsp3) is 0.588. The summed E-state index contributed by atoms with van der Waals surface area (Å²) in [6.45, 7) is 6.96. The standard InChI is InChI=1S/C17H28N4O2/c1-3-8-21(13-14-22)17(23)18-15-6-4-5-7-16(15)20-11-9-19(2)10-12-20/h4-7,22H,3,8-14H2,1-2H3,(H,18,23). The van der Waals surface area contributed by atoms with Crippen LogP contribution in [0.5, 0.6) is 0 Å². The van der Waals surface area contributed by atoms with Crippen LogP contribution in [0.4, 0.5) is 16.2 Å². The molecular formula is C17H28N4O2. The van der Waals surface area contributed by atoms with Crippen molar-refractivity contribution < 1.29 is 9.90 Å². The highest BCUT2D eigenvalue weighted by Gasteiger charge is 2.19. The van der Waals surface area contributed by atoms with Crippen LogP contribution in [0.2, 0.25) is 0 Å². The van der Waals surface area contributed by atoms with E-state index in [1.165, 1.54) is 0 Å². The number of anilines is 2. The predicted octanol–water partition coefficient (Wildman–Crippen LogP) is 1.67. The number of piperazine rings is 1. The van der Waals surface area contributed by atoms with Crippen LogP contribution in [-0.2, 0) is 0 Å². The number of para-hydroxylation sites is 2. The zero-order chi connectivity index (χ0) is 16.7. The first-order chi connectivity index (χ1) is 11.2. The molecule has 0 aliphatic carbocycles. The third-order valence-corrected chi connectivity index (χ3v) is 4.14. The smallest absolute Gasteiger partial charge is 0.321 e. The van der Waals surface area contributed by atoms with Crippen LogP contribution in [0.1, 0.15) is 13.3 Å². The SMILES string of the molecule is CCCN(CCO)C(=O)Nc1ccccc1N1CCN(C)CC1. The molecule has 2 amide bonds. The quantitative estimate of drug-likeness (QED) is 0.837. The second-order valence-electron chi connectivity index (χ2n) is 5.95. The predicted molar refractivity (Wildman–Crippen MR) is 94.1 cm³/mol. The molecule has 0 aromatic heterocycles. The topological polar surface area (TPSA) is 59.1 Å². The van der Waals surface area contributed by atoms with Gasteiger partial charge in [0.2, 0.25) is 0 Å². The van der Waals surface area contributed by atoms with Gasteiger partial charge >= 0.3 is 6.03 Å². The lowest BCUT2D eigenvalue weighted by molar-refractivity contribution is 0.188. The van der Waals surface area contributed by atoms with Gasteiger partial charge in [0.05, 0.1) is 18.0 Å². The molecule has 0 spiro atoms. The van der Waals surface area contributed by atoms with Gasteiger partial charge in [-0.15, -0.1) is 0 Å². The number of carbonyl (C=O) groups excluding carboxylic acids is 1. The van der Waals surface area contributed by atoms with Crippen molar-refractivity contribution in [1.82, 2.24) is 9.80 Å². The van der Waals surface area contributed by atoms with E-state index in [2.05, 4.69) is 28.2 Å². The molecule has 1 saturated heterocycles. The minimum absolute atomic E-state index is 0.0203. The molecular weight excluding hydrogens is 292 g/mol. The van der Waals surface area contributed by atoms with Crippen LogP contribution in [0.3, 0.4) is 0 Å². The number of carbonyl (C=O) groups is 1. The first-order valence-corrected chi connectivity index (χ1v) is 8.35. The van der Waals surface area contributed by atoms with E-state index in [9.17, 15) is 4.79 Å². The normalized spacial score (nSPS) is 15.5. The van der Waals surface area contributed by atoms with Gasteiger partial charge in [0, 0.05) is 39.3 Å². The maximum absolute atomic E-state index is 12.5. The van der Waals surface area contributed by atoms with E-state index >= 15 is 0 Å². The summed E-state index contributed by atoms with van der Waals surface area (Å²) in [6, 6.07) is 7.78. The van der Waals surface area contributed by atoms with Crippen molar-refractivity contribution in [1.29, 1.82) is 0 Å². The van der Waals surface area contributed by atoms with E-state index in [-0.39, 0.29) is 12.6 Å². The molecule has 1 heterocycles. The third kappa shape index (κ3) is 4.84. The zero-order valence-corrected chi connectivity index (χ0v) is 14.2. The Morgan fingerprint density at radius 1 is 1.22 bits per heavy atom. The molecule has 0 bridgehead atoms. The van der Waals surface area contributed by atoms with Gasteiger partial charge in [0.25, 0.3) is 0 Å². The molecule has 6 nitrogen and oxygen atoms in total. The molecule has 0 radical (unpaired) electrons. The highest BCUT2D eigenvalue weighted by Crippen LogP contribution is 2.26. The average molecular weight is 320 g/mol. The Balaban J connectivity index is 2.09. The number of hydrogen-bond acceptors (Lipinski definition) is 4. The van der Waals surface area contributed by atoms with Crippen LogP contribution >= 0.6 is 0 Å². The Kier molecular flexibility index (Phi) is 6.67. The van der Waals surface area contributed by atoms with Gasteiger partial charge in [-0.1, -0.05) is 19.1 Å². The van der Waals surface area contributed by atoms with Gasteiger partial charge in [-0.05, 0) is 25.6 Å². The summed E-state index contributed by atoms with van der Waals surface area (Å²) in [5.74, 6) is 0. The molecule has 1 fully saturated rings. The van der Waals surface area contributed by atoms with Crippen LogP contribution in [0.25, 0.3) is 0 Å². The van der Waals surface area contributed by atoms with Crippen molar-refractivity contribution in [3.63, 3.8) is 0 Å². The van der Waals surface area contributed by atoms with E-state index in [1.807, 2.05) is 25.1 Å². The van der Waals surface area contributed by atoms with Crippen molar-refractivity contribution in [2.75, 3.05) is 63.1 Å². The molecule has 23 heavy (non-hydrogen) atoms. The Morgan fingerprint density at radius 2 is 1.91 bits per heavy atom. The highest BCUT2D eigenvalue weighted by atomic mass is 16.3. The largest absolute Gasteiger partial charge is 0.395 e. The lowest BCUT2D eigenvalue weighted by atomic mass is 10.2. The summed E-state index contributed by atoms with van der Waals surface area (Å²) >= 11 is 0. The first-order valence-electron chi connectivity index (χ1n) is 8.35. The molecule has 1 aromatic rings. The number of likely N-dealkylation sites (N-methyl/N-ethyl adjacent to an activating group) is 1. The van der Waals surface area contributed by atoms with Gasteiger partial charge in [-0.2, -0.15) is 0 Å².